The van der Waals surface area contributed by atoms with Crippen LogP contribution in [0, 0.1) is 0 Å². The molecule has 0 bridgehead atoms. The zero-order chi connectivity index (χ0) is 10.2. The molecule has 78 valence electrons. The Labute approximate surface area is 90.4 Å². The van der Waals surface area contributed by atoms with Crippen LogP contribution < -0.4 is 10.9 Å². The van der Waals surface area contributed by atoms with Crippen molar-refractivity contribution in [2.45, 2.75) is 18.7 Å². The summed E-state index contributed by atoms with van der Waals surface area (Å²) >= 11 is 1.95. The second kappa shape index (κ2) is 6.87. The van der Waals surface area contributed by atoms with Crippen molar-refractivity contribution in [2.75, 3.05) is 12.8 Å². The monoisotopic (exact) mass is 210 g/mol. The number of benzene rings is 1. The maximum absolute atomic E-state index is 3.16. The van der Waals surface area contributed by atoms with Crippen LogP contribution in [0.3, 0.4) is 0 Å². The Balaban J connectivity index is 2.16. The minimum Gasteiger partial charge on any atom is -0.261 e. The Hall–Kier alpha value is -0.510. The topological polar surface area (TPSA) is 24.1 Å². The minimum atomic E-state index is 0.508. The van der Waals surface area contributed by atoms with Crippen molar-refractivity contribution in [3.05, 3.63) is 35.9 Å². The molecule has 1 atom stereocenters. The molecule has 1 rings (SSSR count). The van der Waals surface area contributed by atoms with E-state index in [1.165, 1.54) is 5.56 Å². The van der Waals surface area contributed by atoms with Gasteiger partial charge < -0.3 is 0 Å². The maximum Gasteiger partial charge on any atom is 0.0275 e. The molecule has 1 aromatic carbocycles. The van der Waals surface area contributed by atoms with Gasteiger partial charge in [0.1, 0.15) is 0 Å². The van der Waals surface area contributed by atoms with Crippen molar-refractivity contribution < 1.29 is 0 Å². The lowest BCUT2D eigenvalue weighted by Crippen LogP contribution is -2.37. The quantitative estimate of drug-likeness (QED) is 0.703. The molecule has 2 nitrogen and oxygen atoms in total. The molecule has 3 heteroatoms. The first-order chi connectivity index (χ1) is 6.83. The Morgan fingerprint density at radius 1 is 1.29 bits per heavy atom. The number of nitrogens with one attached hydrogen (secondary N) is 2. The molecule has 14 heavy (non-hydrogen) atoms. The first-order valence-electron chi connectivity index (χ1n) is 4.87. The van der Waals surface area contributed by atoms with Crippen molar-refractivity contribution in [1.82, 2.24) is 10.9 Å². The van der Waals surface area contributed by atoms with Crippen LogP contribution in [0.5, 0.6) is 0 Å². The van der Waals surface area contributed by atoms with E-state index in [1.54, 1.807) is 0 Å². The zero-order valence-corrected chi connectivity index (χ0v) is 9.60. The number of thioether (sulfide) groups is 1. The first kappa shape index (κ1) is 11.6. The third-order valence-corrected chi connectivity index (χ3v) is 3.14. The molecule has 0 aliphatic rings. The summed E-state index contributed by atoms with van der Waals surface area (Å²) in [6.07, 6.45) is 0. The Morgan fingerprint density at radius 3 is 2.64 bits per heavy atom. The van der Waals surface area contributed by atoms with E-state index in [1.807, 2.05) is 18.8 Å². The number of rotatable bonds is 6. The van der Waals surface area contributed by atoms with E-state index in [0.717, 1.165) is 11.5 Å². The molecule has 1 aromatic rings. The van der Waals surface area contributed by atoms with Crippen molar-refractivity contribution >= 4 is 11.8 Å². The van der Waals surface area contributed by atoms with Crippen LogP contribution in [0.15, 0.2) is 30.3 Å². The Kier molecular flexibility index (Phi) is 5.68. The Morgan fingerprint density at radius 2 is 2.00 bits per heavy atom. The average Bonchev–Trinajstić information content (AvgIpc) is 2.20. The predicted molar refractivity (Wildman–Crippen MR) is 64.3 cm³/mol. The van der Waals surface area contributed by atoms with Crippen molar-refractivity contribution in [3.8, 4) is 0 Å². The van der Waals surface area contributed by atoms with Crippen LogP contribution in [0.25, 0.3) is 0 Å². The van der Waals surface area contributed by atoms with Crippen LogP contribution in [-0.2, 0) is 5.75 Å². The van der Waals surface area contributed by atoms with Gasteiger partial charge in [-0.1, -0.05) is 30.3 Å². The zero-order valence-electron chi connectivity index (χ0n) is 8.79. The molecule has 1 unspecified atom stereocenters. The molecule has 0 saturated heterocycles. The third kappa shape index (κ3) is 4.65. The van der Waals surface area contributed by atoms with Crippen molar-refractivity contribution in [1.29, 1.82) is 0 Å². The molecule has 0 aliphatic heterocycles. The van der Waals surface area contributed by atoms with Gasteiger partial charge in [-0.2, -0.15) is 11.8 Å². The van der Waals surface area contributed by atoms with Gasteiger partial charge in [0.2, 0.25) is 0 Å². The molecule has 2 N–H and O–H groups in total. The van der Waals surface area contributed by atoms with Crippen LogP contribution in [0.2, 0.25) is 0 Å². The van der Waals surface area contributed by atoms with Gasteiger partial charge in [-0.05, 0) is 19.5 Å². The predicted octanol–water partition coefficient (Wildman–Crippen LogP) is 2.03. The molecular weight excluding hydrogens is 192 g/mol. The minimum absolute atomic E-state index is 0.508. The van der Waals surface area contributed by atoms with E-state index in [2.05, 4.69) is 48.1 Å². The summed E-state index contributed by atoms with van der Waals surface area (Å²) in [5, 5.41) is 0. The summed E-state index contributed by atoms with van der Waals surface area (Å²) in [7, 11) is 1.90. The van der Waals surface area contributed by atoms with Crippen molar-refractivity contribution in [3.63, 3.8) is 0 Å². The first-order valence-corrected chi connectivity index (χ1v) is 6.02. The molecular formula is C11H18N2S. The normalized spacial score (nSPS) is 12.7. The van der Waals surface area contributed by atoms with Gasteiger partial charge >= 0.3 is 0 Å². The summed E-state index contributed by atoms with van der Waals surface area (Å²) in [6.45, 7) is 2.18. The molecule has 0 aliphatic carbocycles. The molecule has 0 spiro atoms. The molecule has 0 saturated carbocycles. The van der Waals surface area contributed by atoms with Gasteiger partial charge in [0, 0.05) is 17.5 Å². The standard InChI is InChI=1S/C11H18N2S/c1-10(13-12-2)8-14-9-11-6-4-3-5-7-11/h3-7,10,12-13H,8-9H2,1-2H3. The van der Waals surface area contributed by atoms with Crippen LogP contribution in [0.4, 0.5) is 0 Å². The molecule has 0 amide bonds. The highest BCUT2D eigenvalue weighted by Crippen LogP contribution is 2.12. The smallest absolute Gasteiger partial charge is 0.0275 e. The van der Waals surface area contributed by atoms with Crippen LogP contribution in [0.1, 0.15) is 12.5 Å². The fourth-order valence-corrected chi connectivity index (χ4v) is 2.20. The van der Waals surface area contributed by atoms with Crippen LogP contribution >= 0.6 is 11.8 Å². The summed E-state index contributed by atoms with van der Waals surface area (Å²) < 4.78 is 0. The van der Waals surface area contributed by atoms with Gasteiger partial charge in [0.05, 0.1) is 0 Å². The molecule has 0 fully saturated rings. The largest absolute Gasteiger partial charge is 0.261 e. The van der Waals surface area contributed by atoms with E-state index in [-0.39, 0.29) is 0 Å². The molecule has 0 heterocycles. The lowest BCUT2D eigenvalue weighted by Gasteiger charge is -2.11. The number of hydrogen-bond donors (Lipinski definition) is 2. The van der Waals surface area contributed by atoms with E-state index < -0.39 is 0 Å². The molecule has 0 aromatic heterocycles. The lowest BCUT2D eigenvalue weighted by atomic mass is 10.2. The van der Waals surface area contributed by atoms with Gasteiger partial charge in [-0.15, -0.1) is 0 Å². The van der Waals surface area contributed by atoms with E-state index in [9.17, 15) is 0 Å². The van der Waals surface area contributed by atoms with E-state index >= 15 is 0 Å². The average molecular weight is 210 g/mol. The summed E-state index contributed by atoms with van der Waals surface area (Å²) in [5.74, 6) is 2.21. The Bertz CT molecular complexity index is 238. The fraction of sp³-hybridized carbons (Fsp3) is 0.455. The highest BCUT2D eigenvalue weighted by atomic mass is 32.2. The van der Waals surface area contributed by atoms with Crippen molar-refractivity contribution in [2.24, 2.45) is 0 Å². The summed E-state index contributed by atoms with van der Waals surface area (Å²) in [6, 6.07) is 11.1. The van der Waals surface area contributed by atoms with Gasteiger partial charge in [0.25, 0.3) is 0 Å². The maximum atomic E-state index is 3.16. The highest BCUT2D eigenvalue weighted by molar-refractivity contribution is 7.98. The number of hydrogen-bond acceptors (Lipinski definition) is 3. The van der Waals surface area contributed by atoms with E-state index in [4.69, 9.17) is 0 Å². The highest BCUT2D eigenvalue weighted by Gasteiger charge is 1.99. The summed E-state index contributed by atoms with van der Waals surface area (Å²) in [4.78, 5) is 0. The third-order valence-electron chi connectivity index (χ3n) is 1.87. The van der Waals surface area contributed by atoms with Gasteiger partial charge in [0.15, 0.2) is 0 Å². The molecule has 0 radical (unpaired) electrons. The fourth-order valence-electron chi connectivity index (χ4n) is 1.22. The second-order valence-electron chi connectivity index (χ2n) is 3.30. The number of hydrazine groups is 1. The van der Waals surface area contributed by atoms with Crippen LogP contribution in [-0.4, -0.2) is 18.8 Å². The van der Waals surface area contributed by atoms with Gasteiger partial charge in [-0.3, -0.25) is 10.9 Å². The second-order valence-corrected chi connectivity index (χ2v) is 4.33. The SMILES string of the molecule is CNNC(C)CSCc1ccccc1. The summed E-state index contributed by atoms with van der Waals surface area (Å²) in [5.41, 5.74) is 7.51. The lowest BCUT2D eigenvalue weighted by molar-refractivity contribution is 0.523. The van der Waals surface area contributed by atoms with E-state index in [0.29, 0.717) is 6.04 Å². The van der Waals surface area contributed by atoms with Gasteiger partial charge in [-0.25, -0.2) is 0 Å².